The van der Waals surface area contributed by atoms with Crippen LogP contribution in [0.15, 0.2) is 126 Å². The molecule has 4 heterocycles. The number of hydrogen-bond acceptors (Lipinski definition) is 4. The van der Waals surface area contributed by atoms with E-state index in [1.807, 2.05) is 74.6 Å². The maximum Gasteiger partial charge on any atom is 0.216 e. The van der Waals surface area contributed by atoms with Crippen molar-refractivity contribution >= 4 is 50.8 Å². The number of fused-ring (bicyclic) bond motifs is 4. The molecular formula is C55H55FGeIrN4O-2. The van der Waals surface area contributed by atoms with Gasteiger partial charge in [0.2, 0.25) is 5.71 Å². The number of hydrogen-bond donors (Lipinski definition) is 0. The fourth-order valence-corrected chi connectivity index (χ4v) is 11.4. The third-order valence-electron chi connectivity index (χ3n) is 11.2. The molecule has 5 nitrogen and oxygen atoms in total. The molecule has 0 N–H and O–H groups in total. The largest absolute Gasteiger partial charge is 0.486 e. The summed E-state index contributed by atoms with van der Waals surface area (Å²) >= 11 is -2.10. The van der Waals surface area contributed by atoms with Crippen molar-refractivity contribution in [3.05, 3.63) is 173 Å². The molecule has 0 spiro atoms. The number of aromatic nitrogens is 4. The van der Waals surface area contributed by atoms with Crippen molar-refractivity contribution in [3.8, 4) is 28.3 Å². The van der Waals surface area contributed by atoms with Gasteiger partial charge in [0.25, 0.3) is 0 Å². The van der Waals surface area contributed by atoms with E-state index in [1.54, 1.807) is 24.3 Å². The van der Waals surface area contributed by atoms with Gasteiger partial charge in [-0.25, -0.2) is 4.98 Å². The molecule has 1 radical (unpaired) electrons. The van der Waals surface area contributed by atoms with Crippen LogP contribution in [0.2, 0.25) is 17.3 Å². The van der Waals surface area contributed by atoms with Gasteiger partial charge in [-0.05, 0) is 59.7 Å². The molecule has 0 saturated carbocycles. The van der Waals surface area contributed by atoms with E-state index in [4.69, 9.17) is 18.5 Å². The number of furan rings is 1. The van der Waals surface area contributed by atoms with E-state index >= 15 is 0 Å². The number of benzene rings is 5. The van der Waals surface area contributed by atoms with Crippen LogP contribution >= 0.6 is 0 Å². The molecular weight excluding hydrogens is 1020 g/mol. The molecule has 0 fully saturated rings. The third-order valence-corrected chi connectivity index (χ3v) is 15.4. The van der Waals surface area contributed by atoms with Gasteiger partial charge in [0.1, 0.15) is 0 Å². The summed E-state index contributed by atoms with van der Waals surface area (Å²) in [6.45, 7) is 14.9. The number of aryl methyl sites for hydroxylation is 1. The predicted octanol–water partition coefficient (Wildman–Crippen LogP) is 14.3. The topological polar surface area (TPSA) is 56.7 Å². The van der Waals surface area contributed by atoms with Crippen LogP contribution in [0.1, 0.15) is 96.9 Å². The van der Waals surface area contributed by atoms with Crippen molar-refractivity contribution in [3.63, 3.8) is 0 Å². The summed E-state index contributed by atoms with van der Waals surface area (Å²) in [5, 5.41) is 1.72. The van der Waals surface area contributed by atoms with Gasteiger partial charge in [0.15, 0.2) is 0 Å². The van der Waals surface area contributed by atoms with Crippen molar-refractivity contribution in [2.45, 2.75) is 89.8 Å². The first-order valence-electron chi connectivity index (χ1n) is 22.8. The second-order valence-corrected chi connectivity index (χ2v) is 28.5. The van der Waals surface area contributed by atoms with Crippen molar-refractivity contribution < 1.29 is 33.0 Å². The number of rotatable bonds is 9. The molecule has 8 heteroatoms. The Hall–Kier alpha value is -5.21. The van der Waals surface area contributed by atoms with Crippen LogP contribution in [0.5, 0.6) is 0 Å². The van der Waals surface area contributed by atoms with Gasteiger partial charge in [-0.2, -0.15) is 0 Å². The predicted molar refractivity (Wildman–Crippen MR) is 258 cm³/mol. The zero-order valence-corrected chi connectivity index (χ0v) is 42.1. The quantitative estimate of drug-likeness (QED) is 0.107. The normalized spacial score (nSPS) is 12.9. The van der Waals surface area contributed by atoms with Crippen LogP contribution in [0, 0.1) is 24.9 Å². The molecule has 63 heavy (non-hydrogen) atoms. The van der Waals surface area contributed by atoms with E-state index in [2.05, 4.69) is 97.8 Å². The minimum atomic E-state index is -2.10. The maximum atomic E-state index is 13.0. The average molecular weight is 1070 g/mol. The summed E-state index contributed by atoms with van der Waals surface area (Å²) in [4.78, 5) is 14.4. The number of para-hydroxylation sites is 2. The van der Waals surface area contributed by atoms with E-state index in [0.717, 1.165) is 55.7 Å². The van der Waals surface area contributed by atoms with Crippen LogP contribution in [0.4, 0.5) is 4.39 Å². The molecule has 0 unspecified atom stereocenters. The van der Waals surface area contributed by atoms with Crippen molar-refractivity contribution in [1.29, 1.82) is 0 Å². The van der Waals surface area contributed by atoms with Crippen molar-refractivity contribution in [2.75, 3.05) is 0 Å². The molecule has 5 aromatic carbocycles. The SMILES string of the molecule is [2H]C(C)(C)c1cc(-c2[c-]cc(F)cc2)nc[c]1[Ge]([CH3])([CH3])[CH3].[2H]C([2H])(c1ccccc1)c1ccc2c(n1)oc1c(-c3nc4ccccc4n3-c3c(C(C)C)cc(C)cc3C(C)C)[c-]ccc12.[Ir]. The Bertz CT molecular complexity index is 3160. The molecule has 9 aromatic rings. The minimum Gasteiger partial charge on any atom is -0.486 e. The van der Waals surface area contributed by atoms with Gasteiger partial charge in [-0.1, -0.05) is 98.8 Å². The standard InChI is InChI=1S/C38H34N3O.C17H21FGeN.Ir/c1-23(2)31-20-25(5)21-32(24(3)4)35(31)41-34-17-10-9-16-33(34)40-37(41)30-15-11-14-28-29-19-18-27(39-38(29)42-36(28)30)22-26-12-7-6-8-13-26;1-12(2)15-10-17(13-6-8-14(18)9-7-13)20-11-16(15)19(3,4)5;/h6-14,16-21,23-24H,22H2,1-5H3;6,8-12H,1-5H3;/q2*-1;/i22D2;12D;. The summed E-state index contributed by atoms with van der Waals surface area (Å²) in [5.74, 6) is 7.27. The van der Waals surface area contributed by atoms with Crippen LogP contribution in [0.25, 0.3) is 61.4 Å². The summed E-state index contributed by atoms with van der Waals surface area (Å²) in [7, 11) is 0. The maximum absolute atomic E-state index is 13.0. The van der Waals surface area contributed by atoms with E-state index in [9.17, 15) is 4.39 Å². The smallest absolute Gasteiger partial charge is 0.216 e. The summed E-state index contributed by atoms with van der Waals surface area (Å²) in [6.07, 6.45) is 0.140. The van der Waals surface area contributed by atoms with Gasteiger partial charge in [-0.3, -0.25) is 4.98 Å². The Kier molecular flexibility index (Phi) is 12.5. The van der Waals surface area contributed by atoms with E-state index in [-0.39, 0.29) is 25.9 Å². The summed E-state index contributed by atoms with van der Waals surface area (Å²) in [6, 6.07) is 42.3. The molecule has 0 aliphatic carbocycles. The zero-order valence-electron chi connectivity index (χ0n) is 40.6. The Labute approximate surface area is 392 Å². The van der Waals surface area contributed by atoms with Crippen LogP contribution in [-0.4, -0.2) is 32.8 Å². The molecule has 0 aliphatic rings. The average Bonchev–Trinajstić information content (AvgIpc) is 3.84. The monoisotopic (exact) mass is 1080 g/mol. The first-order valence-corrected chi connectivity index (χ1v) is 28.7. The fourth-order valence-electron chi connectivity index (χ4n) is 8.10. The molecule has 0 saturated heterocycles. The number of pyridine rings is 2. The van der Waals surface area contributed by atoms with Crippen molar-refractivity contribution in [1.82, 2.24) is 19.5 Å². The summed E-state index contributed by atoms with van der Waals surface area (Å²) < 4.78 is 49.2. The van der Waals surface area contributed by atoms with E-state index < -0.39 is 25.5 Å². The second kappa shape index (κ2) is 18.9. The molecule has 0 amide bonds. The Morgan fingerprint density at radius 2 is 1.49 bits per heavy atom. The zero-order chi connectivity index (χ0) is 46.6. The van der Waals surface area contributed by atoms with Crippen LogP contribution in [0.3, 0.4) is 0 Å². The fraction of sp³-hybridized carbons (Fsp3) is 0.255. The van der Waals surface area contributed by atoms with Crippen molar-refractivity contribution in [2.24, 2.45) is 0 Å². The Morgan fingerprint density at radius 1 is 0.794 bits per heavy atom. The third kappa shape index (κ3) is 9.52. The molecule has 4 aromatic heterocycles. The van der Waals surface area contributed by atoms with Gasteiger partial charge in [0, 0.05) is 46.0 Å². The van der Waals surface area contributed by atoms with Gasteiger partial charge in [-0.15, -0.1) is 18.2 Å². The number of halogens is 1. The first kappa shape index (κ1) is 41.8. The number of nitrogens with zero attached hydrogens (tertiary/aromatic N) is 4. The van der Waals surface area contributed by atoms with Gasteiger partial charge in [0.05, 0.1) is 22.4 Å². The second-order valence-electron chi connectivity index (χ2n) is 17.9. The van der Waals surface area contributed by atoms with Gasteiger partial charge < -0.3 is 8.98 Å². The Balaban J connectivity index is 0.000000249. The summed E-state index contributed by atoms with van der Waals surface area (Å²) in [5.41, 5.74) is 12.0. The van der Waals surface area contributed by atoms with E-state index in [1.165, 1.54) is 33.2 Å². The Morgan fingerprint density at radius 3 is 2.14 bits per heavy atom. The van der Waals surface area contributed by atoms with Gasteiger partial charge >= 0.3 is 125 Å². The molecule has 0 atom stereocenters. The molecule has 323 valence electrons. The van der Waals surface area contributed by atoms with E-state index in [0.29, 0.717) is 34.4 Å². The molecule has 0 bridgehead atoms. The molecule has 0 aliphatic heterocycles. The van der Waals surface area contributed by atoms with Crippen LogP contribution < -0.4 is 4.40 Å². The first-order chi connectivity index (χ1) is 30.7. The molecule has 9 rings (SSSR count). The number of imidazole rings is 1. The van der Waals surface area contributed by atoms with Crippen LogP contribution in [-0.2, 0) is 26.5 Å². The minimum absolute atomic E-state index is 0.